The Morgan fingerprint density at radius 2 is 2.00 bits per heavy atom. The Bertz CT molecular complexity index is 1460. The number of hydrogen-bond donors (Lipinski definition) is 0. The number of nitrogens with zero attached hydrogens (tertiary/aromatic N) is 7. The van der Waals surface area contributed by atoms with Crippen LogP contribution in [0.1, 0.15) is 37.1 Å². The number of rotatable bonds is 7. The van der Waals surface area contributed by atoms with E-state index in [2.05, 4.69) is 26.0 Å². The first kappa shape index (κ1) is 26.2. The first-order chi connectivity index (χ1) is 17.6. The van der Waals surface area contributed by atoms with Gasteiger partial charge in [-0.1, -0.05) is 29.3 Å². The molecule has 0 N–H and O–H groups in total. The van der Waals surface area contributed by atoms with E-state index in [9.17, 15) is 13.7 Å². The summed E-state index contributed by atoms with van der Waals surface area (Å²) in [5.74, 6) is 2.05. The highest BCUT2D eigenvalue weighted by Crippen LogP contribution is 2.35. The number of sulfone groups is 1. The molecular weight excluding hydrogens is 533 g/mol. The Balaban J connectivity index is 1.32. The minimum atomic E-state index is -2.95. The summed E-state index contributed by atoms with van der Waals surface area (Å²) >= 11 is 12.5. The smallest absolute Gasteiger partial charge is 0.190 e. The fourth-order valence-corrected chi connectivity index (χ4v) is 6.50. The predicted octanol–water partition coefficient (Wildman–Crippen LogP) is 3.81. The average molecular weight is 563 g/mol. The van der Waals surface area contributed by atoms with Gasteiger partial charge < -0.3 is 9.80 Å². The first-order valence-electron chi connectivity index (χ1n) is 12.4. The van der Waals surface area contributed by atoms with Gasteiger partial charge in [0.25, 0.3) is 0 Å². The Hall–Kier alpha value is -2.45. The number of piperidine rings is 1. The highest BCUT2D eigenvalue weighted by Gasteiger charge is 2.37. The molecule has 4 heterocycles. The summed E-state index contributed by atoms with van der Waals surface area (Å²) in [6, 6.07) is 7.18. The predicted molar refractivity (Wildman–Crippen MR) is 145 cm³/mol. The summed E-state index contributed by atoms with van der Waals surface area (Å²) in [7, 11) is -2.95. The lowest BCUT2D eigenvalue weighted by molar-refractivity contribution is 0.125. The highest BCUT2D eigenvalue weighted by atomic mass is 35.5. The molecule has 2 aliphatic heterocycles. The molecule has 2 fully saturated rings. The molecular formula is C25H29Cl2N7O2S. The van der Waals surface area contributed by atoms with Crippen molar-refractivity contribution in [3.05, 3.63) is 45.7 Å². The number of hydrogen-bond acceptors (Lipinski definition) is 8. The summed E-state index contributed by atoms with van der Waals surface area (Å²) in [6.07, 6.45) is 5.27. The molecule has 12 heteroatoms. The number of fused-ring (bicyclic) bond motifs is 1. The maximum Gasteiger partial charge on any atom is 0.190 e. The molecule has 0 aliphatic carbocycles. The SMILES string of the molecule is CC(c1ccc(Cl)cc1Cl)n1nc(C#N)c2ncc(N3CC(C4CCCN(CCS(C)(=O)=O)C4)C3)nc21. The topological polar surface area (TPSA) is 108 Å². The van der Waals surface area contributed by atoms with Crippen molar-refractivity contribution in [2.45, 2.75) is 25.8 Å². The van der Waals surface area contributed by atoms with Crippen molar-refractivity contribution in [3.63, 3.8) is 0 Å². The van der Waals surface area contributed by atoms with E-state index in [-0.39, 0.29) is 17.5 Å². The lowest BCUT2D eigenvalue weighted by atomic mass is 9.80. The summed E-state index contributed by atoms with van der Waals surface area (Å²) in [4.78, 5) is 13.9. The maximum atomic E-state index is 11.6. The van der Waals surface area contributed by atoms with Gasteiger partial charge in [0.1, 0.15) is 27.2 Å². The van der Waals surface area contributed by atoms with Crippen molar-refractivity contribution < 1.29 is 8.42 Å². The Morgan fingerprint density at radius 3 is 2.70 bits per heavy atom. The quantitative estimate of drug-likeness (QED) is 0.428. The summed E-state index contributed by atoms with van der Waals surface area (Å²) in [5.41, 5.74) is 2.06. The van der Waals surface area contributed by atoms with Crippen molar-refractivity contribution in [3.8, 4) is 6.07 Å². The number of likely N-dealkylation sites (tertiary alicyclic amines) is 1. The van der Waals surface area contributed by atoms with Crippen molar-refractivity contribution in [1.29, 1.82) is 5.26 Å². The van der Waals surface area contributed by atoms with Crippen molar-refractivity contribution in [1.82, 2.24) is 24.6 Å². The van der Waals surface area contributed by atoms with E-state index in [0.29, 0.717) is 39.6 Å². The molecule has 3 aromatic rings. The van der Waals surface area contributed by atoms with E-state index in [0.717, 1.165) is 50.4 Å². The zero-order valence-electron chi connectivity index (χ0n) is 20.8. The lowest BCUT2D eigenvalue weighted by Gasteiger charge is -2.47. The van der Waals surface area contributed by atoms with Crippen LogP contribution in [-0.2, 0) is 9.84 Å². The molecule has 0 spiro atoms. The van der Waals surface area contributed by atoms with E-state index < -0.39 is 9.84 Å². The van der Waals surface area contributed by atoms with Crippen LogP contribution in [0.2, 0.25) is 10.0 Å². The molecule has 5 rings (SSSR count). The van der Waals surface area contributed by atoms with Gasteiger partial charge >= 0.3 is 0 Å². The molecule has 1 aromatic carbocycles. The van der Waals surface area contributed by atoms with Crippen LogP contribution >= 0.6 is 23.2 Å². The second-order valence-electron chi connectivity index (χ2n) is 10.1. The summed E-state index contributed by atoms with van der Waals surface area (Å²) in [6.45, 7) is 6.22. The monoisotopic (exact) mass is 561 g/mol. The molecule has 196 valence electrons. The molecule has 2 aliphatic rings. The van der Waals surface area contributed by atoms with Gasteiger partial charge in [0.15, 0.2) is 11.3 Å². The van der Waals surface area contributed by atoms with Crippen LogP contribution in [0.5, 0.6) is 0 Å². The lowest BCUT2D eigenvalue weighted by Crippen LogP contribution is -2.54. The van der Waals surface area contributed by atoms with Gasteiger partial charge in [-0.15, -0.1) is 0 Å². The second-order valence-corrected chi connectivity index (χ2v) is 13.2. The van der Waals surface area contributed by atoms with Crippen LogP contribution in [0.25, 0.3) is 11.2 Å². The molecule has 0 amide bonds. The number of anilines is 1. The van der Waals surface area contributed by atoms with E-state index in [1.165, 1.54) is 6.26 Å². The fourth-order valence-electron chi connectivity index (χ4n) is 5.34. The van der Waals surface area contributed by atoms with Gasteiger partial charge in [-0.3, -0.25) is 0 Å². The maximum absolute atomic E-state index is 11.6. The largest absolute Gasteiger partial charge is 0.355 e. The van der Waals surface area contributed by atoms with Crippen LogP contribution in [0, 0.1) is 23.2 Å². The molecule has 2 saturated heterocycles. The zero-order valence-corrected chi connectivity index (χ0v) is 23.1. The first-order valence-corrected chi connectivity index (χ1v) is 15.2. The highest BCUT2D eigenvalue weighted by molar-refractivity contribution is 7.90. The summed E-state index contributed by atoms with van der Waals surface area (Å²) < 4.78 is 24.8. The van der Waals surface area contributed by atoms with Crippen LogP contribution in [0.3, 0.4) is 0 Å². The van der Waals surface area contributed by atoms with Gasteiger partial charge in [-0.2, -0.15) is 10.4 Å². The zero-order chi connectivity index (χ0) is 26.3. The van der Waals surface area contributed by atoms with Gasteiger partial charge in [0, 0.05) is 42.5 Å². The van der Waals surface area contributed by atoms with Gasteiger partial charge in [0.05, 0.1) is 18.0 Å². The van der Waals surface area contributed by atoms with E-state index >= 15 is 0 Å². The Labute approximate surface area is 226 Å². The normalized spacial score (nSPS) is 20.1. The molecule has 2 aromatic heterocycles. The standard InChI is InChI=1S/C25H29Cl2N7O2S/c1-16(20-6-5-19(26)10-21(20)27)34-25-24(22(11-28)31-34)29-12-23(30-25)33-14-18(15-33)17-4-3-7-32(13-17)8-9-37(2,35)36/h5-6,10,12,16-18H,3-4,7-9,13-15H2,1-2H3. The van der Waals surface area contributed by atoms with Crippen molar-refractivity contribution in [2.75, 3.05) is 49.6 Å². The van der Waals surface area contributed by atoms with Crippen LogP contribution in [0.15, 0.2) is 24.4 Å². The summed E-state index contributed by atoms with van der Waals surface area (Å²) in [5, 5.41) is 15.2. The molecule has 0 bridgehead atoms. The van der Waals surface area contributed by atoms with Gasteiger partial charge in [-0.25, -0.2) is 23.1 Å². The molecule has 2 atom stereocenters. The van der Waals surface area contributed by atoms with Gasteiger partial charge in [0.2, 0.25) is 0 Å². The molecule has 0 radical (unpaired) electrons. The fraction of sp³-hybridized carbons (Fsp3) is 0.520. The number of halogens is 2. The third-order valence-electron chi connectivity index (χ3n) is 7.50. The number of aromatic nitrogens is 4. The third kappa shape index (κ3) is 5.55. The average Bonchev–Trinajstić information content (AvgIpc) is 3.19. The number of nitriles is 1. The van der Waals surface area contributed by atoms with Crippen molar-refractivity contribution in [2.24, 2.45) is 11.8 Å². The molecule has 9 nitrogen and oxygen atoms in total. The molecule has 37 heavy (non-hydrogen) atoms. The van der Waals surface area contributed by atoms with E-state index in [1.807, 2.05) is 13.0 Å². The third-order valence-corrected chi connectivity index (χ3v) is 8.98. The molecule has 2 unspecified atom stereocenters. The van der Waals surface area contributed by atoms with Crippen LogP contribution in [-0.4, -0.2) is 77.8 Å². The minimum Gasteiger partial charge on any atom is -0.355 e. The molecule has 0 saturated carbocycles. The van der Waals surface area contributed by atoms with E-state index in [1.54, 1.807) is 23.0 Å². The van der Waals surface area contributed by atoms with Crippen molar-refractivity contribution >= 4 is 50.0 Å². The van der Waals surface area contributed by atoms with Crippen LogP contribution < -0.4 is 4.90 Å². The van der Waals surface area contributed by atoms with E-state index in [4.69, 9.17) is 28.2 Å². The second kappa shape index (κ2) is 10.4. The Kier molecular flexibility index (Phi) is 7.33. The van der Waals surface area contributed by atoms with Gasteiger partial charge in [-0.05, 0) is 55.8 Å². The Morgan fingerprint density at radius 1 is 1.22 bits per heavy atom. The number of benzene rings is 1. The minimum absolute atomic E-state index is 0.212. The van der Waals surface area contributed by atoms with Crippen LogP contribution in [0.4, 0.5) is 5.82 Å².